The van der Waals surface area contributed by atoms with Crippen molar-refractivity contribution in [3.8, 4) is 22.9 Å². The van der Waals surface area contributed by atoms with Crippen molar-refractivity contribution in [2.45, 2.75) is 6.42 Å². The fourth-order valence-corrected chi connectivity index (χ4v) is 2.65. The predicted molar refractivity (Wildman–Crippen MR) is 96.7 cm³/mol. The Hall–Kier alpha value is -2.53. The van der Waals surface area contributed by atoms with Crippen molar-refractivity contribution in [1.82, 2.24) is 14.9 Å². The minimum absolute atomic E-state index is 0.631. The number of nitrogens with one attached hydrogen (secondary N) is 1. The lowest BCUT2D eigenvalue weighted by Crippen LogP contribution is -2.15. The molecule has 0 aliphatic heterocycles. The van der Waals surface area contributed by atoms with Crippen LogP contribution in [0.1, 0.15) is 6.42 Å². The van der Waals surface area contributed by atoms with Crippen LogP contribution in [0.3, 0.4) is 0 Å². The molecule has 3 aromatic rings. The molecule has 1 heterocycles. The second-order valence-corrected chi connectivity index (χ2v) is 5.94. The summed E-state index contributed by atoms with van der Waals surface area (Å²) in [5.41, 5.74) is 2.86. The van der Waals surface area contributed by atoms with E-state index in [1.807, 2.05) is 42.5 Å². The molecular weight excluding hydrogens is 302 g/mol. The minimum Gasteiger partial charge on any atom is -0.493 e. The number of rotatable bonds is 7. The molecule has 0 amide bonds. The molecule has 3 rings (SSSR count). The van der Waals surface area contributed by atoms with Gasteiger partial charge in [0.25, 0.3) is 0 Å². The second kappa shape index (κ2) is 7.36. The number of benzene rings is 2. The van der Waals surface area contributed by atoms with Gasteiger partial charge in [0, 0.05) is 6.54 Å². The summed E-state index contributed by atoms with van der Waals surface area (Å²) in [4.78, 5) is 10.2. The molecule has 1 N–H and O–H groups in total. The third kappa shape index (κ3) is 3.51. The number of methoxy groups -OCH3 is 1. The normalized spacial score (nSPS) is 11.2. The Morgan fingerprint density at radius 3 is 2.67 bits per heavy atom. The van der Waals surface area contributed by atoms with Gasteiger partial charge in [-0.3, -0.25) is 0 Å². The smallest absolute Gasteiger partial charge is 0.172 e. The number of aromatic amines is 1. The number of para-hydroxylation sites is 3. The highest BCUT2D eigenvalue weighted by Gasteiger charge is 2.15. The molecule has 0 spiro atoms. The number of nitrogens with zero attached hydrogens (tertiary/aromatic N) is 2. The quantitative estimate of drug-likeness (QED) is 0.675. The number of hydrogen-bond acceptors (Lipinski definition) is 4. The molecule has 0 radical (unpaired) electrons. The molecule has 0 saturated carbocycles. The van der Waals surface area contributed by atoms with Gasteiger partial charge in [0.15, 0.2) is 11.5 Å². The molecule has 0 aliphatic rings. The molecular formula is C19H23N3O2. The van der Waals surface area contributed by atoms with Crippen LogP contribution in [0.2, 0.25) is 0 Å². The molecule has 0 fully saturated rings. The molecule has 5 heteroatoms. The SMILES string of the molecule is COc1cccc(-c2nc3ccccc3[nH]2)c1OCCCN(C)C. The standard InChI is InChI=1S/C19H23N3O2/c1-22(2)12-7-13-24-18-14(8-6-11-17(18)23-3)19-20-15-9-4-5-10-16(15)21-19/h4-6,8-11H,7,12-13H2,1-3H3,(H,20,21). The summed E-state index contributed by atoms with van der Waals surface area (Å²) >= 11 is 0. The van der Waals surface area contributed by atoms with Crippen molar-refractivity contribution in [1.29, 1.82) is 0 Å². The van der Waals surface area contributed by atoms with Gasteiger partial charge in [-0.2, -0.15) is 0 Å². The monoisotopic (exact) mass is 325 g/mol. The number of hydrogen-bond donors (Lipinski definition) is 1. The van der Waals surface area contributed by atoms with Gasteiger partial charge in [0.05, 0.1) is 30.3 Å². The molecule has 24 heavy (non-hydrogen) atoms. The van der Waals surface area contributed by atoms with E-state index in [0.29, 0.717) is 6.61 Å². The molecule has 0 atom stereocenters. The summed E-state index contributed by atoms with van der Waals surface area (Å²) < 4.78 is 11.5. The molecule has 0 saturated heterocycles. The van der Waals surface area contributed by atoms with Gasteiger partial charge in [-0.05, 0) is 44.8 Å². The number of imidazole rings is 1. The Labute approximate surface area is 142 Å². The number of H-pyrrole nitrogens is 1. The Balaban J connectivity index is 1.91. The highest BCUT2D eigenvalue weighted by molar-refractivity contribution is 5.81. The van der Waals surface area contributed by atoms with Crippen LogP contribution in [0.5, 0.6) is 11.5 Å². The molecule has 0 aliphatic carbocycles. The van der Waals surface area contributed by atoms with Crippen LogP contribution in [0, 0.1) is 0 Å². The van der Waals surface area contributed by atoms with Gasteiger partial charge in [0.2, 0.25) is 0 Å². The van der Waals surface area contributed by atoms with E-state index < -0.39 is 0 Å². The van der Waals surface area contributed by atoms with Crippen LogP contribution in [0.15, 0.2) is 42.5 Å². The number of aromatic nitrogens is 2. The summed E-state index contributed by atoms with van der Waals surface area (Å²) in [7, 11) is 5.77. The van der Waals surface area contributed by atoms with E-state index >= 15 is 0 Å². The first-order valence-electron chi connectivity index (χ1n) is 8.08. The van der Waals surface area contributed by atoms with Crippen LogP contribution >= 0.6 is 0 Å². The van der Waals surface area contributed by atoms with Crippen LogP contribution in [0.25, 0.3) is 22.4 Å². The minimum atomic E-state index is 0.631. The van der Waals surface area contributed by atoms with Crippen LogP contribution in [-0.4, -0.2) is 49.2 Å². The van der Waals surface area contributed by atoms with Crippen LogP contribution in [0.4, 0.5) is 0 Å². The summed E-state index contributed by atoms with van der Waals surface area (Å²) in [5.74, 6) is 2.24. The Bertz CT molecular complexity index is 778. The van der Waals surface area contributed by atoms with E-state index in [1.165, 1.54) is 0 Å². The van der Waals surface area contributed by atoms with E-state index in [-0.39, 0.29) is 0 Å². The molecule has 1 aromatic heterocycles. The van der Waals surface area contributed by atoms with Crippen molar-refractivity contribution in [3.05, 3.63) is 42.5 Å². The molecule has 0 unspecified atom stereocenters. The highest BCUT2D eigenvalue weighted by atomic mass is 16.5. The topological polar surface area (TPSA) is 50.4 Å². The molecule has 126 valence electrons. The summed E-state index contributed by atoms with van der Waals surface area (Å²) in [5, 5.41) is 0. The fraction of sp³-hybridized carbons (Fsp3) is 0.316. The van der Waals surface area contributed by atoms with Gasteiger partial charge >= 0.3 is 0 Å². The Morgan fingerprint density at radius 1 is 1.08 bits per heavy atom. The van der Waals surface area contributed by atoms with E-state index in [2.05, 4.69) is 29.0 Å². The zero-order valence-electron chi connectivity index (χ0n) is 14.4. The van der Waals surface area contributed by atoms with E-state index in [4.69, 9.17) is 9.47 Å². The largest absolute Gasteiger partial charge is 0.493 e. The van der Waals surface area contributed by atoms with E-state index in [0.717, 1.165) is 46.9 Å². The lowest BCUT2D eigenvalue weighted by molar-refractivity contribution is 0.269. The van der Waals surface area contributed by atoms with Crippen molar-refractivity contribution < 1.29 is 9.47 Å². The summed E-state index contributed by atoms with van der Waals surface area (Å²) in [6.07, 6.45) is 0.949. The average molecular weight is 325 g/mol. The maximum Gasteiger partial charge on any atom is 0.172 e. The summed E-state index contributed by atoms with van der Waals surface area (Å²) in [6, 6.07) is 13.9. The number of fused-ring (bicyclic) bond motifs is 1. The number of ether oxygens (including phenoxy) is 2. The molecule has 5 nitrogen and oxygen atoms in total. The van der Waals surface area contributed by atoms with Crippen molar-refractivity contribution in [2.75, 3.05) is 34.4 Å². The molecule has 0 bridgehead atoms. The van der Waals surface area contributed by atoms with Crippen molar-refractivity contribution in [2.24, 2.45) is 0 Å². The molecule has 2 aromatic carbocycles. The first kappa shape index (κ1) is 16.3. The van der Waals surface area contributed by atoms with Crippen molar-refractivity contribution >= 4 is 11.0 Å². The van der Waals surface area contributed by atoms with E-state index in [9.17, 15) is 0 Å². The van der Waals surface area contributed by atoms with Gasteiger partial charge < -0.3 is 19.4 Å². The van der Waals surface area contributed by atoms with Crippen LogP contribution < -0.4 is 9.47 Å². The highest BCUT2D eigenvalue weighted by Crippen LogP contribution is 2.37. The van der Waals surface area contributed by atoms with Gasteiger partial charge in [-0.25, -0.2) is 4.98 Å². The second-order valence-electron chi connectivity index (χ2n) is 5.94. The maximum absolute atomic E-state index is 6.05. The van der Waals surface area contributed by atoms with Crippen LogP contribution in [-0.2, 0) is 0 Å². The maximum atomic E-state index is 6.05. The fourth-order valence-electron chi connectivity index (χ4n) is 2.65. The Kier molecular flexibility index (Phi) is 5.01. The predicted octanol–water partition coefficient (Wildman–Crippen LogP) is 3.57. The average Bonchev–Trinajstić information content (AvgIpc) is 3.02. The zero-order chi connectivity index (χ0) is 16.9. The third-order valence-electron chi connectivity index (χ3n) is 3.84. The summed E-state index contributed by atoms with van der Waals surface area (Å²) in [6.45, 7) is 1.61. The van der Waals surface area contributed by atoms with E-state index in [1.54, 1.807) is 7.11 Å². The first-order valence-corrected chi connectivity index (χ1v) is 8.08. The van der Waals surface area contributed by atoms with Gasteiger partial charge in [-0.15, -0.1) is 0 Å². The zero-order valence-corrected chi connectivity index (χ0v) is 14.4. The van der Waals surface area contributed by atoms with Gasteiger partial charge in [-0.1, -0.05) is 18.2 Å². The lowest BCUT2D eigenvalue weighted by atomic mass is 10.1. The van der Waals surface area contributed by atoms with Crippen molar-refractivity contribution in [3.63, 3.8) is 0 Å². The Morgan fingerprint density at radius 2 is 1.92 bits per heavy atom. The third-order valence-corrected chi connectivity index (χ3v) is 3.84. The first-order chi connectivity index (χ1) is 11.7. The lowest BCUT2D eigenvalue weighted by Gasteiger charge is -2.15. The van der Waals surface area contributed by atoms with Gasteiger partial charge in [0.1, 0.15) is 5.82 Å².